The lowest BCUT2D eigenvalue weighted by molar-refractivity contribution is 0.186. The summed E-state index contributed by atoms with van der Waals surface area (Å²) in [4.78, 5) is 23.0. The number of hydrogen-bond donors (Lipinski definition) is 2. The number of aromatic amines is 1. The van der Waals surface area contributed by atoms with Crippen LogP contribution in [0.15, 0.2) is 30.6 Å². The fourth-order valence-electron chi connectivity index (χ4n) is 3.73. The van der Waals surface area contributed by atoms with Crippen LogP contribution in [-0.2, 0) is 0 Å². The molecule has 0 unspecified atom stereocenters. The summed E-state index contributed by atoms with van der Waals surface area (Å²) in [5.74, 6) is 0.524. The molecule has 27 heavy (non-hydrogen) atoms. The molecular formula is C20H24N6O. The molecule has 3 aromatic heterocycles. The van der Waals surface area contributed by atoms with Crippen molar-refractivity contribution in [2.45, 2.75) is 45.1 Å². The van der Waals surface area contributed by atoms with Crippen LogP contribution in [0.1, 0.15) is 37.8 Å². The van der Waals surface area contributed by atoms with Gasteiger partial charge in [0, 0.05) is 48.2 Å². The van der Waals surface area contributed by atoms with E-state index in [9.17, 15) is 4.79 Å². The number of H-pyrrole nitrogens is 1. The van der Waals surface area contributed by atoms with Crippen LogP contribution >= 0.6 is 0 Å². The first kappa shape index (κ1) is 17.5. The van der Waals surface area contributed by atoms with Gasteiger partial charge in [-0.3, -0.25) is 15.4 Å². The lowest BCUT2D eigenvalue weighted by Crippen LogP contribution is -2.41. The van der Waals surface area contributed by atoms with Gasteiger partial charge in [-0.2, -0.15) is 5.10 Å². The summed E-state index contributed by atoms with van der Waals surface area (Å²) in [5, 5.41) is 11.3. The fraction of sp³-hybridized carbons (Fsp3) is 0.400. The second kappa shape index (κ2) is 7.34. The van der Waals surface area contributed by atoms with Crippen LogP contribution in [0.2, 0.25) is 0 Å². The largest absolute Gasteiger partial charge is 0.325 e. The number of hydrogen-bond acceptors (Lipinski definition) is 4. The van der Waals surface area contributed by atoms with Crippen molar-refractivity contribution in [3.05, 3.63) is 36.3 Å². The normalized spacial score (nSPS) is 15.0. The number of nitrogens with zero attached hydrogens (tertiary/aromatic N) is 4. The number of amides is 2. The summed E-state index contributed by atoms with van der Waals surface area (Å²) >= 11 is 0. The molecule has 0 radical (unpaired) electrons. The molecule has 1 aliphatic carbocycles. The Bertz CT molecular complexity index is 960. The first-order valence-electron chi connectivity index (χ1n) is 9.43. The van der Waals surface area contributed by atoms with Crippen molar-refractivity contribution in [2.75, 3.05) is 12.4 Å². The molecule has 7 heteroatoms. The van der Waals surface area contributed by atoms with E-state index in [1.807, 2.05) is 37.1 Å². The molecule has 2 N–H and O–H groups in total. The van der Waals surface area contributed by atoms with E-state index >= 15 is 0 Å². The van der Waals surface area contributed by atoms with Crippen LogP contribution in [0.4, 0.5) is 10.6 Å². The molecule has 1 fully saturated rings. The molecule has 3 aromatic rings. The van der Waals surface area contributed by atoms with E-state index in [4.69, 9.17) is 0 Å². The van der Waals surface area contributed by atoms with Gasteiger partial charge in [-0.05, 0) is 31.9 Å². The van der Waals surface area contributed by atoms with Crippen molar-refractivity contribution >= 4 is 22.8 Å². The van der Waals surface area contributed by atoms with Crippen LogP contribution in [0.5, 0.6) is 0 Å². The second-order valence-corrected chi connectivity index (χ2v) is 7.21. The zero-order valence-electron chi connectivity index (χ0n) is 15.7. The molecule has 0 aromatic carbocycles. The highest BCUT2D eigenvalue weighted by atomic mass is 16.2. The molecule has 0 saturated heterocycles. The summed E-state index contributed by atoms with van der Waals surface area (Å²) in [6.07, 6.45) is 9.32. The summed E-state index contributed by atoms with van der Waals surface area (Å²) in [6, 6.07) is 5.95. The van der Waals surface area contributed by atoms with Gasteiger partial charge in [-0.1, -0.05) is 19.3 Å². The Balaban J connectivity index is 1.53. The van der Waals surface area contributed by atoms with E-state index in [0.29, 0.717) is 11.9 Å². The molecule has 1 aliphatic rings. The van der Waals surface area contributed by atoms with Gasteiger partial charge in [-0.25, -0.2) is 9.78 Å². The number of nitrogens with one attached hydrogen (secondary N) is 2. The van der Waals surface area contributed by atoms with Crippen molar-refractivity contribution in [2.24, 2.45) is 0 Å². The highest BCUT2D eigenvalue weighted by Gasteiger charge is 2.22. The Morgan fingerprint density at radius 1 is 1.22 bits per heavy atom. The molecule has 0 aliphatic heterocycles. The Morgan fingerprint density at radius 3 is 2.81 bits per heavy atom. The number of anilines is 1. The van der Waals surface area contributed by atoms with Crippen molar-refractivity contribution in [3.63, 3.8) is 0 Å². The van der Waals surface area contributed by atoms with Crippen molar-refractivity contribution in [1.82, 2.24) is 25.1 Å². The maximum absolute atomic E-state index is 12.6. The smallest absolute Gasteiger partial charge is 0.322 e. The lowest BCUT2D eigenvalue weighted by Gasteiger charge is -2.31. The topological polar surface area (TPSA) is 86.8 Å². The SMILES string of the molecule is Cc1cc(-c2n[nH]c3cc(NC(=O)N(C)C4CCCCC4)ncc23)ccn1. The molecule has 0 bridgehead atoms. The predicted molar refractivity (Wildman–Crippen MR) is 106 cm³/mol. The molecule has 7 nitrogen and oxygen atoms in total. The van der Waals surface area contributed by atoms with E-state index in [2.05, 4.69) is 25.5 Å². The maximum Gasteiger partial charge on any atom is 0.322 e. The molecule has 4 rings (SSSR count). The van der Waals surface area contributed by atoms with Crippen LogP contribution in [0, 0.1) is 6.92 Å². The van der Waals surface area contributed by atoms with Crippen LogP contribution in [0.25, 0.3) is 22.2 Å². The van der Waals surface area contributed by atoms with Crippen molar-refractivity contribution in [3.8, 4) is 11.3 Å². The minimum atomic E-state index is -0.113. The number of pyridine rings is 2. The minimum absolute atomic E-state index is 0.113. The van der Waals surface area contributed by atoms with Gasteiger partial charge in [0.25, 0.3) is 0 Å². The molecule has 1 saturated carbocycles. The Morgan fingerprint density at radius 2 is 2.04 bits per heavy atom. The Hall–Kier alpha value is -2.96. The van der Waals surface area contributed by atoms with E-state index in [-0.39, 0.29) is 6.03 Å². The number of aryl methyl sites for hydroxylation is 1. The zero-order chi connectivity index (χ0) is 18.8. The molecular weight excluding hydrogens is 340 g/mol. The van der Waals surface area contributed by atoms with E-state index in [0.717, 1.165) is 40.7 Å². The second-order valence-electron chi connectivity index (χ2n) is 7.21. The Labute approximate surface area is 158 Å². The average Bonchev–Trinajstić information content (AvgIpc) is 3.11. The first-order valence-corrected chi connectivity index (χ1v) is 9.43. The third-order valence-electron chi connectivity index (χ3n) is 5.30. The van der Waals surface area contributed by atoms with E-state index < -0.39 is 0 Å². The van der Waals surface area contributed by atoms with Gasteiger partial charge in [0.1, 0.15) is 11.5 Å². The maximum atomic E-state index is 12.6. The number of fused-ring (bicyclic) bond motifs is 1. The first-order chi connectivity index (χ1) is 13.1. The number of rotatable bonds is 3. The van der Waals surface area contributed by atoms with Gasteiger partial charge >= 0.3 is 6.03 Å². The van der Waals surface area contributed by atoms with Gasteiger partial charge in [0.05, 0.1) is 5.52 Å². The summed E-state index contributed by atoms with van der Waals surface area (Å²) < 4.78 is 0. The molecule has 140 valence electrons. The lowest BCUT2D eigenvalue weighted by atomic mass is 9.95. The number of aromatic nitrogens is 4. The van der Waals surface area contributed by atoms with Crippen LogP contribution in [0.3, 0.4) is 0 Å². The van der Waals surface area contributed by atoms with Crippen molar-refractivity contribution < 1.29 is 4.79 Å². The highest BCUT2D eigenvalue weighted by molar-refractivity contribution is 5.95. The third kappa shape index (κ3) is 3.63. The third-order valence-corrected chi connectivity index (χ3v) is 5.30. The summed E-state index contributed by atoms with van der Waals surface area (Å²) in [5.41, 5.74) is 3.60. The molecule has 0 spiro atoms. The summed E-state index contributed by atoms with van der Waals surface area (Å²) in [6.45, 7) is 1.95. The van der Waals surface area contributed by atoms with E-state index in [1.54, 1.807) is 12.4 Å². The number of urea groups is 1. The van der Waals surface area contributed by atoms with Crippen LogP contribution in [-0.4, -0.2) is 44.2 Å². The monoisotopic (exact) mass is 364 g/mol. The van der Waals surface area contributed by atoms with Gasteiger partial charge in [0.15, 0.2) is 0 Å². The van der Waals surface area contributed by atoms with Gasteiger partial charge in [0.2, 0.25) is 0 Å². The molecule has 0 atom stereocenters. The van der Waals surface area contributed by atoms with Gasteiger partial charge < -0.3 is 4.90 Å². The zero-order valence-corrected chi connectivity index (χ0v) is 15.7. The Kier molecular flexibility index (Phi) is 4.75. The summed E-state index contributed by atoms with van der Waals surface area (Å²) in [7, 11) is 1.87. The minimum Gasteiger partial charge on any atom is -0.325 e. The standard InChI is InChI=1S/C20H24N6O/c1-13-10-14(8-9-21-13)19-16-12-22-18(11-17(16)24-25-19)23-20(27)26(2)15-6-4-3-5-7-15/h8-12,15H,3-7H2,1-2H3,(H,24,25)(H,22,23,27). The fourth-order valence-corrected chi connectivity index (χ4v) is 3.73. The number of carbonyl (C=O) groups excluding carboxylic acids is 1. The van der Waals surface area contributed by atoms with Crippen LogP contribution < -0.4 is 5.32 Å². The number of carbonyl (C=O) groups is 1. The quantitative estimate of drug-likeness (QED) is 0.732. The average molecular weight is 364 g/mol. The molecule has 2 amide bonds. The van der Waals surface area contributed by atoms with Crippen molar-refractivity contribution in [1.29, 1.82) is 0 Å². The predicted octanol–water partition coefficient (Wildman–Crippen LogP) is 4.12. The van der Waals surface area contributed by atoms with E-state index in [1.165, 1.54) is 19.3 Å². The highest BCUT2D eigenvalue weighted by Crippen LogP contribution is 2.27. The molecule has 3 heterocycles. The van der Waals surface area contributed by atoms with Gasteiger partial charge in [-0.15, -0.1) is 0 Å².